The van der Waals surface area contributed by atoms with Crippen LogP contribution in [-0.2, 0) is 22.5 Å². The number of hydrogen-bond donors (Lipinski definition) is 1. The van der Waals surface area contributed by atoms with E-state index in [9.17, 15) is 14.7 Å². The highest BCUT2D eigenvalue weighted by Gasteiger charge is 2.36. The third-order valence-corrected chi connectivity index (χ3v) is 8.17. The Labute approximate surface area is 245 Å². The standard InChI is InChI=1S/C31H41BrN4O4/c1-31(2,3)36(30(38)39)25(19-22-12-14-24(32)15-13-22)20-28(37)34-16-7-9-23(21-34)29-33-26-10-5-6-11-27(26)35(29)17-8-18-40-4/h5-6,10-15,23,25H,7-9,16-21H2,1-4H3,(H,38,39). The maximum absolute atomic E-state index is 13.8. The van der Waals surface area contributed by atoms with E-state index in [1.165, 1.54) is 4.90 Å². The lowest BCUT2D eigenvalue weighted by Crippen LogP contribution is -2.54. The van der Waals surface area contributed by atoms with Crippen LogP contribution in [0, 0.1) is 0 Å². The summed E-state index contributed by atoms with van der Waals surface area (Å²) in [6.07, 6.45) is 2.32. The number of likely N-dealkylation sites (tertiary alicyclic amines) is 1. The molecular weight excluding hydrogens is 572 g/mol. The first-order valence-corrected chi connectivity index (χ1v) is 14.9. The summed E-state index contributed by atoms with van der Waals surface area (Å²) in [4.78, 5) is 34.6. The predicted molar refractivity (Wildman–Crippen MR) is 161 cm³/mol. The number of fused-ring (bicyclic) bond motifs is 1. The van der Waals surface area contributed by atoms with Crippen molar-refractivity contribution in [3.05, 3.63) is 64.4 Å². The first-order chi connectivity index (χ1) is 19.1. The molecule has 216 valence electrons. The Bertz CT molecular complexity index is 1300. The SMILES string of the molecule is COCCCn1c(C2CCCN(C(=O)CC(Cc3ccc(Br)cc3)N(C(=O)O)C(C)(C)C)C2)nc2ccccc21. The van der Waals surface area contributed by atoms with Crippen molar-refractivity contribution >= 4 is 39.0 Å². The van der Waals surface area contributed by atoms with E-state index in [-0.39, 0.29) is 18.2 Å². The number of aromatic nitrogens is 2. The van der Waals surface area contributed by atoms with Crippen molar-refractivity contribution in [2.75, 3.05) is 26.8 Å². The summed E-state index contributed by atoms with van der Waals surface area (Å²) in [6, 6.07) is 15.6. The van der Waals surface area contributed by atoms with Crippen molar-refractivity contribution in [1.82, 2.24) is 19.4 Å². The Balaban J connectivity index is 1.56. The van der Waals surface area contributed by atoms with Crippen LogP contribution in [0.1, 0.15) is 63.8 Å². The Morgan fingerprint density at radius 3 is 2.58 bits per heavy atom. The molecule has 2 heterocycles. The van der Waals surface area contributed by atoms with E-state index in [0.717, 1.165) is 52.7 Å². The van der Waals surface area contributed by atoms with Gasteiger partial charge in [-0.25, -0.2) is 9.78 Å². The summed E-state index contributed by atoms with van der Waals surface area (Å²) in [7, 11) is 1.71. The topological polar surface area (TPSA) is 87.9 Å². The van der Waals surface area contributed by atoms with Gasteiger partial charge in [0.1, 0.15) is 5.82 Å². The molecule has 0 spiro atoms. The number of imidazole rings is 1. The van der Waals surface area contributed by atoms with Crippen molar-refractivity contribution in [3.63, 3.8) is 0 Å². The number of carbonyl (C=O) groups is 2. The van der Waals surface area contributed by atoms with Gasteiger partial charge in [-0.05, 0) is 76.3 Å². The van der Waals surface area contributed by atoms with Crippen molar-refractivity contribution < 1.29 is 19.4 Å². The average Bonchev–Trinajstić information content (AvgIpc) is 3.28. The fourth-order valence-corrected chi connectivity index (χ4v) is 6.16. The number of carbonyl (C=O) groups excluding carboxylic acids is 1. The second-order valence-electron chi connectivity index (χ2n) is 11.6. The molecule has 1 aliphatic rings. The van der Waals surface area contributed by atoms with E-state index in [1.54, 1.807) is 7.11 Å². The molecule has 2 unspecified atom stereocenters. The number of methoxy groups -OCH3 is 1. The molecule has 0 radical (unpaired) electrons. The molecule has 1 saturated heterocycles. The highest BCUT2D eigenvalue weighted by atomic mass is 79.9. The Morgan fingerprint density at radius 1 is 1.18 bits per heavy atom. The van der Waals surface area contributed by atoms with Crippen LogP contribution < -0.4 is 0 Å². The lowest BCUT2D eigenvalue weighted by atomic mass is 9.94. The van der Waals surface area contributed by atoms with Gasteiger partial charge in [0.15, 0.2) is 0 Å². The van der Waals surface area contributed by atoms with Crippen LogP contribution in [0.2, 0.25) is 0 Å². The summed E-state index contributed by atoms with van der Waals surface area (Å²) in [5.41, 5.74) is 2.42. The summed E-state index contributed by atoms with van der Waals surface area (Å²) >= 11 is 3.47. The summed E-state index contributed by atoms with van der Waals surface area (Å²) in [5, 5.41) is 10.2. The van der Waals surface area contributed by atoms with E-state index < -0.39 is 17.7 Å². The smallest absolute Gasteiger partial charge is 0.408 e. The number of aryl methyl sites for hydroxylation is 1. The number of ether oxygens (including phenoxy) is 1. The van der Waals surface area contributed by atoms with E-state index in [2.05, 4.69) is 26.6 Å². The van der Waals surface area contributed by atoms with Crippen molar-refractivity contribution in [2.24, 2.45) is 0 Å². The van der Waals surface area contributed by atoms with Crippen LogP contribution in [0.25, 0.3) is 11.0 Å². The highest BCUT2D eigenvalue weighted by molar-refractivity contribution is 9.10. The van der Waals surface area contributed by atoms with Crippen molar-refractivity contribution in [3.8, 4) is 0 Å². The summed E-state index contributed by atoms with van der Waals surface area (Å²) in [6.45, 7) is 8.38. The molecule has 8 nitrogen and oxygen atoms in total. The molecule has 2 atom stereocenters. The molecule has 0 aliphatic carbocycles. The summed E-state index contributed by atoms with van der Waals surface area (Å²) in [5.74, 6) is 1.13. The molecule has 0 saturated carbocycles. The maximum Gasteiger partial charge on any atom is 0.408 e. The van der Waals surface area contributed by atoms with Crippen molar-refractivity contribution in [2.45, 2.75) is 76.9 Å². The first-order valence-electron chi connectivity index (χ1n) is 14.1. The number of para-hydroxylation sites is 2. The molecule has 4 rings (SSSR count). The number of rotatable bonds is 10. The Kier molecular flexibility index (Phi) is 9.90. The first kappa shape index (κ1) is 30.1. The predicted octanol–water partition coefficient (Wildman–Crippen LogP) is 6.32. The molecule has 40 heavy (non-hydrogen) atoms. The largest absolute Gasteiger partial charge is 0.465 e. The van der Waals surface area contributed by atoms with Crippen LogP contribution in [0.4, 0.5) is 4.79 Å². The van der Waals surface area contributed by atoms with Gasteiger partial charge >= 0.3 is 6.09 Å². The minimum atomic E-state index is -1.01. The zero-order valence-corrected chi connectivity index (χ0v) is 25.6. The minimum Gasteiger partial charge on any atom is -0.465 e. The summed E-state index contributed by atoms with van der Waals surface area (Å²) < 4.78 is 8.54. The van der Waals surface area contributed by atoms with Crippen LogP contribution in [0.15, 0.2) is 53.0 Å². The third-order valence-electron chi connectivity index (χ3n) is 7.64. The van der Waals surface area contributed by atoms with Gasteiger partial charge in [0.05, 0.1) is 11.0 Å². The van der Waals surface area contributed by atoms with Crippen LogP contribution in [0.3, 0.4) is 0 Å². The molecule has 1 fully saturated rings. The van der Waals surface area contributed by atoms with Crippen molar-refractivity contribution in [1.29, 1.82) is 0 Å². The number of halogens is 1. The highest BCUT2D eigenvalue weighted by Crippen LogP contribution is 2.31. The fraction of sp³-hybridized carbons (Fsp3) is 0.516. The zero-order valence-electron chi connectivity index (χ0n) is 24.0. The number of benzene rings is 2. The average molecular weight is 614 g/mol. The quantitative estimate of drug-likeness (QED) is 0.271. The van der Waals surface area contributed by atoms with Gasteiger partial charge in [-0.1, -0.05) is 40.2 Å². The monoisotopic (exact) mass is 612 g/mol. The van der Waals surface area contributed by atoms with Gasteiger partial charge < -0.3 is 19.3 Å². The molecule has 2 aromatic carbocycles. The minimum absolute atomic E-state index is 0.00986. The Hall–Kier alpha value is -2.91. The molecule has 1 N–H and O–H groups in total. The number of nitrogens with zero attached hydrogens (tertiary/aromatic N) is 4. The normalized spacial score (nSPS) is 16.7. The van der Waals surface area contributed by atoms with Gasteiger partial charge in [-0.3, -0.25) is 9.69 Å². The molecule has 0 bridgehead atoms. The fourth-order valence-electron chi connectivity index (χ4n) is 5.89. The second kappa shape index (κ2) is 13.2. The zero-order chi connectivity index (χ0) is 28.9. The van der Waals surface area contributed by atoms with Crippen LogP contribution in [0.5, 0.6) is 0 Å². The maximum atomic E-state index is 13.8. The van der Waals surface area contributed by atoms with Gasteiger partial charge in [0.25, 0.3) is 0 Å². The number of carboxylic acid groups (broad SMARTS) is 1. The lowest BCUT2D eigenvalue weighted by molar-refractivity contribution is -0.134. The molecule has 2 amide bonds. The van der Waals surface area contributed by atoms with Crippen LogP contribution >= 0.6 is 15.9 Å². The van der Waals surface area contributed by atoms with Gasteiger partial charge in [-0.2, -0.15) is 0 Å². The van der Waals surface area contributed by atoms with E-state index in [1.807, 2.05) is 68.1 Å². The van der Waals surface area contributed by atoms with E-state index >= 15 is 0 Å². The van der Waals surface area contributed by atoms with Gasteiger partial charge in [-0.15, -0.1) is 0 Å². The number of amides is 2. The Morgan fingerprint density at radius 2 is 1.90 bits per heavy atom. The van der Waals surface area contributed by atoms with Gasteiger partial charge in [0.2, 0.25) is 5.91 Å². The van der Waals surface area contributed by atoms with E-state index in [4.69, 9.17) is 9.72 Å². The molecule has 3 aromatic rings. The van der Waals surface area contributed by atoms with E-state index in [0.29, 0.717) is 26.1 Å². The lowest BCUT2D eigenvalue weighted by Gasteiger charge is -2.41. The molecule has 9 heteroatoms. The molecule has 1 aliphatic heterocycles. The van der Waals surface area contributed by atoms with Crippen LogP contribution in [-0.4, -0.2) is 74.8 Å². The third kappa shape index (κ3) is 7.23. The van der Waals surface area contributed by atoms with Gasteiger partial charge in [0, 0.05) is 61.7 Å². The number of piperidine rings is 1. The molecular formula is C31H41BrN4O4. The second-order valence-corrected chi connectivity index (χ2v) is 12.6. The molecule has 1 aromatic heterocycles. The number of hydrogen-bond acceptors (Lipinski definition) is 4.